The van der Waals surface area contributed by atoms with E-state index in [1.807, 2.05) is 12.1 Å². The Hall–Kier alpha value is -1.37. The highest BCUT2D eigenvalue weighted by atomic mass is 35.5. The summed E-state index contributed by atoms with van der Waals surface area (Å²) in [5.41, 5.74) is 0.866. The molecular weight excluding hydrogens is 330 g/mol. The summed E-state index contributed by atoms with van der Waals surface area (Å²) < 4.78 is 0.464. The molecule has 1 fully saturated rings. The number of carbonyl (C=O) groups excluding carboxylic acids is 1. The predicted octanol–water partition coefficient (Wildman–Crippen LogP) is 3.41. The van der Waals surface area contributed by atoms with Gasteiger partial charge in [0.2, 0.25) is 0 Å². The first-order valence-electron chi connectivity index (χ1n) is 6.20. The lowest BCUT2D eigenvalue weighted by Gasteiger charge is -2.13. The summed E-state index contributed by atoms with van der Waals surface area (Å²) in [6, 6.07) is 7.14. The van der Waals surface area contributed by atoms with Gasteiger partial charge in [-0.1, -0.05) is 47.7 Å². The Labute approximate surface area is 136 Å². The fourth-order valence-corrected chi connectivity index (χ4v) is 3.23. The van der Waals surface area contributed by atoms with Gasteiger partial charge in [0.15, 0.2) is 0 Å². The molecule has 1 saturated heterocycles. The van der Waals surface area contributed by atoms with Crippen LogP contribution in [0.2, 0.25) is 5.02 Å². The van der Waals surface area contributed by atoms with Crippen molar-refractivity contribution in [2.45, 2.75) is 12.8 Å². The summed E-state index contributed by atoms with van der Waals surface area (Å²) in [7, 11) is 0. The maximum atomic E-state index is 12.2. The van der Waals surface area contributed by atoms with Crippen LogP contribution in [-0.2, 0) is 9.59 Å². The van der Waals surface area contributed by atoms with Gasteiger partial charge in [0.25, 0.3) is 5.91 Å². The molecule has 21 heavy (non-hydrogen) atoms. The Morgan fingerprint density at radius 2 is 2.05 bits per heavy atom. The van der Waals surface area contributed by atoms with E-state index in [9.17, 15) is 9.59 Å². The number of thiocarbonyl (C=S) groups is 1. The minimum atomic E-state index is -0.878. The summed E-state index contributed by atoms with van der Waals surface area (Å²) >= 11 is 12.2. The average Bonchev–Trinajstić information content (AvgIpc) is 2.68. The maximum Gasteiger partial charge on any atom is 0.303 e. The highest BCUT2D eigenvalue weighted by Crippen LogP contribution is 2.32. The second kappa shape index (κ2) is 7.06. The molecule has 1 aromatic carbocycles. The lowest BCUT2D eigenvalue weighted by molar-refractivity contribution is -0.137. The number of aliphatic carboxylic acids is 1. The Bertz CT molecular complexity index is 613. The summed E-state index contributed by atoms with van der Waals surface area (Å²) in [6.45, 7) is 0.328. The van der Waals surface area contributed by atoms with Gasteiger partial charge in [0.05, 0.1) is 4.91 Å². The van der Waals surface area contributed by atoms with Gasteiger partial charge >= 0.3 is 5.97 Å². The first-order chi connectivity index (χ1) is 9.97. The zero-order valence-corrected chi connectivity index (χ0v) is 13.3. The van der Waals surface area contributed by atoms with Crippen LogP contribution < -0.4 is 0 Å². The van der Waals surface area contributed by atoms with E-state index in [0.717, 1.165) is 5.56 Å². The number of carboxylic acid groups (broad SMARTS) is 1. The standard InChI is InChI=1S/C14H12ClNO3S2/c15-10-5-3-9(4-6-10)8-11-13(19)16(14(20)21-11)7-1-2-12(17)18/h3-6,8H,1-2,7H2,(H,17,18). The van der Waals surface area contributed by atoms with Crippen molar-refractivity contribution in [3.63, 3.8) is 0 Å². The van der Waals surface area contributed by atoms with E-state index in [0.29, 0.717) is 27.2 Å². The van der Waals surface area contributed by atoms with Crippen LogP contribution in [0.5, 0.6) is 0 Å². The molecule has 4 nitrogen and oxygen atoms in total. The molecule has 2 rings (SSSR count). The van der Waals surface area contributed by atoms with Crippen LogP contribution in [0.3, 0.4) is 0 Å². The van der Waals surface area contributed by atoms with E-state index < -0.39 is 5.97 Å². The van der Waals surface area contributed by atoms with Crippen molar-refractivity contribution < 1.29 is 14.7 Å². The average molecular weight is 342 g/mol. The molecule has 0 aromatic heterocycles. The Morgan fingerprint density at radius 1 is 1.38 bits per heavy atom. The van der Waals surface area contributed by atoms with Crippen molar-refractivity contribution >= 4 is 57.9 Å². The van der Waals surface area contributed by atoms with Gasteiger partial charge < -0.3 is 5.11 Å². The van der Waals surface area contributed by atoms with Gasteiger partial charge in [0, 0.05) is 18.0 Å². The lowest BCUT2D eigenvalue weighted by Crippen LogP contribution is -2.29. The van der Waals surface area contributed by atoms with Crippen molar-refractivity contribution in [3.05, 3.63) is 39.8 Å². The number of nitrogens with zero attached hydrogens (tertiary/aromatic N) is 1. The topological polar surface area (TPSA) is 57.6 Å². The van der Waals surface area contributed by atoms with Crippen molar-refractivity contribution in [1.82, 2.24) is 4.90 Å². The number of amides is 1. The SMILES string of the molecule is O=C(O)CCCN1C(=O)C(=Cc2ccc(Cl)cc2)SC1=S. The van der Waals surface area contributed by atoms with Crippen molar-refractivity contribution in [1.29, 1.82) is 0 Å². The number of hydrogen-bond acceptors (Lipinski definition) is 4. The maximum absolute atomic E-state index is 12.2. The normalized spacial score (nSPS) is 16.8. The quantitative estimate of drug-likeness (QED) is 0.657. The molecule has 1 heterocycles. The van der Waals surface area contributed by atoms with Crippen molar-refractivity contribution in [3.8, 4) is 0 Å². The zero-order chi connectivity index (χ0) is 15.4. The van der Waals surface area contributed by atoms with Gasteiger partial charge in [0.1, 0.15) is 4.32 Å². The minimum absolute atomic E-state index is 0.0211. The van der Waals surface area contributed by atoms with E-state index in [1.165, 1.54) is 16.7 Å². The van der Waals surface area contributed by atoms with Gasteiger partial charge in [-0.05, 0) is 30.2 Å². The van der Waals surface area contributed by atoms with Crippen LogP contribution in [-0.4, -0.2) is 32.7 Å². The van der Waals surface area contributed by atoms with Gasteiger partial charge in [-0.15, -0.1) is 0 Å². The van der Waals surface area contributed by atoms with Crippen LogP contribution in [0.1, 0.15) is 18.4 Å². The third-order valence-electron chi connectivity index (χ3n) is 2.81. The highest BCUT2D eigenvalue weighted by Gasteiger charge is 2.31. The third kappa shape index (κ3) is 4.30. The molecule has 0 saturated carbocycles. The fraction of sp³-hybridized carbons (Fsp3) is 0.214. The fourth-order valence-electron chi connectivity index (χ4n) is 1.79. The third-order valence-corrected chi connectivity index (χ3v) is 4.44. The molecule has 0 radical (unpaired) electrons. The highest BCUT2D eigenvalue weighted by molar-refractivity contribution is 8.26. The smallest absolute Gasteiger partial charge is 0.303 e. The second-order valence-electron chi connectivity index (χ2n) is 4.38. The summed E-state index contributed by atoms with van der Waals surface area (Å²) in [5.74, 6) is -1.05. The Kier molecular flexibility index (Phi) is 5.39. The number of thioether (sulfide) groups is 1. The number of hydrogen-bond donors (Lipinski definition) is 1. The molecule has 0 bridgehead atoms. The number of carboxylic acids is 1. The van der Waals surface area contributed by atoms with Crippen molar-refractivity contribution in [2.24, 2.45) is 0 Å². The molecule has 1 amide bonds. The molecule has 0 atom stereocenters. The molecule has 1 aromatic rings. The molecule has 1 aliphatic heterocycles. The van der Waals surface area contributed by atoms with E-state index in [4.69, 9.17) is 28.9 Å². The zero-order valence-electron chi connectivity index (χ0n) is 10.9. The van der Waals surface area contributed by atoms with Crippen LogP contribution in [0.25, 0.3) is 6.08 Å². The second-order valence-corrected chi connectivity index (χ2v) is 6.49. The molecule has 0 unspecified atom stereocenters. The molecule has 110 valence electrons. The van der Waals surface area contributed by atoms with Crippen LogP contribution in [0, 0.1) is 0 Å². The van der Waals surface area contributed by atoms with E-state index in [1.54, 1.807) is 18.2 Å². The molecule has 0 spiro atoms. The van der Waals surface area contributed by atoms with Gasteiger partial charge in [-0.25, -0.2) is 0 Å². The largest absolute Gasteiger partial charge is 0.481 e. The molecule has 0 aliphatic carbocycles. The van der Waals surface area contributed by atoms with Crippen LogP contribution >= 0.6 is 35.6 Å². The molecular formula is C14H12ClNO3S2. The number of benzene rings is 1. The summed E-state index contributed by atoms with van der Waals surface area (Å²) in [5, 5.41) is 9.26. The lowest BCUT2D eigenvalue weighted by atomic mass is 10.2. The molecule has 1 aliphatic rings. The number of halogens is 1. The molecule has 1 N–H and O–H groups in total. The first kappa shape index (κ1) is 16.0. The van der Waals surface area contributed by atoms with Crippen molar-refractivity contribution in [2.75, 3.05) is 6.54 Å². The summed E-state index contributed by atoms with van der Waals surface area (Å²) in [6.07, 6.45) is 2.16. The number of carbonyl (C=O) groups is 2. The van der Waals surface area contributed by atoms with E-state index in [2.05, 4.69) is 0 Å². The number of rotatable bonds is 5. The minimum Gasteiger partial charge on any atom is -0.481 e. The Morgan fingerprint density at radius 3 is 2.67 bits per heavy atom. The first-order valence-corrected chi connectivity index (χ1v) is 7.80. The van der Waals surface area contributed by atoms with E-state index in [-0.39, 0.29) is 12.3 Å². The summed E-state index contributed by atoms with van der Waals surface area (Å²) in [4.78, 5) is 24.7. The van der Waals surface area contributed by atoms with Crippen LogP contribution in [0.4, 0.5) is 0 Å². The predicted molar refractivity (Wildman–Crippen MR) is 88.2 cm³/mol. The molecule has 7 heteroatoms. The van der Waals surface area contributed by atoms with Gasteiger partial charge in [-0.3, -0.25) is 14.5 Å². The Balaban J connectivity index is 2.06. The van der Waals surface area contributed by atoms with E-state index >= 15 is 0 Å². The van der Waals surface area contributed by atoms with Gasteiger partial charge in [-0.2, -0.15) is 0 Å². The van der Waals surface area contributed by atoms with Crippen LogP contribution in [0.15, 0.2) is 29.2 Å². The monoisotopic (exact) mass is 341 g/mol.